The van der Waals surface area contributed by atoms with Crippen LogP contribution in [0.4, 0.5) is 0 Å². The summed E-state index contributed by atoms with van der Waals surface area (Å²) in [5.74, 6) is -0.421. The number of halogens is 1. The number of aromatic nitrogens is 1. The first kappa shape index (κ1) is 20.7. The monoisotopic (exact) mass is 351 g/mol. The fourth-order valence-corrected chi connectivity index (χ4v) is 2.99. The van der Waals surface area contributed by atoms with Gasteiger partial charge in [-0.15, -0.1) is 0 Å². The summed E-state index contributed by atoms with van der Waals surface area (Å²) < 4.78 is 5.46. The largest absolute Gasteiger partial charge is 0.454 e. The molecule has 4 heteroatoms. The molecule has 0 aliphatic carbocycles. The van der Waals surface area contributed by atoms with E-state index in [1.165, 1.54) is 51.0 Å². The number of unbranched alkanes of at least 4 members (excludes halogenated alkanes) is 8. The molecule has 134 valence electrons. The molecule has 1 aromatic heterocycles. The minimum Gasteiger partial charge on any atom is -0.454 e. The van der Waals surface area contributed by atoms with Crippen LogP contribution < -0.4 is 0 Å². The Hall–Kier alpha value is -1.35. The molecule has 3 nitrogen and oxygen atoms in total. The molecule has 0 saturated heterocycles. The lowest BCUT2D eigenvalue weighted by Crippen LogP contribution is -2.10. The van der Waals surface area contributed by atoms with E-state index in [1.54, 1.807) is 6.20 Å². The number of ether oxygens (including phenoxy) is 1. The summed E-state index contributed by atoms with van der Waals surface area (Å²) in [5, 5.41) is 0.398. The second-order valence-corrected chi connectivity index (χ2v) is 6.49. The molecule has 1 aromatic rings. The average Bonchev–Trinajstić information content (AvgIpc) is 2.59. The van der Waals surface area contributed by atoms with Gasteiger partial charge >= 0.3 is 5.97 Å². The molecule has 1 rings (SSSR count). The molecule has 0 spiro atoms. The molecule has 0 fully saturated rings. The fraction of sp³-hybridized carbons (Fsp3) is 0.600. The number of rotatable bonds is 13. The van der Waals surface area contributed by atoms with Crippen molar-refractivity contribution in [2.75, 3.05) is 0 Å². The lowest BCUT2D eigenvalue weighted by atomic mass is 10.0. The van der Waals surface area contributed by atoms with Crippen molar-refractivity contribution in [2.45, 2.75) is 77.2 Å². The van der Waals surface area contributed by atoms with E-state index in [1.807, 2.05) is 12.1 Å². The summed E-state index contributed by atoms with van der Waals surface area (Å²) in [6.07, 6.45) is 14.6. The number of carbonyl (C=O) groups excluding carboxylic acids is 1. The van der Waals surface area contributed by atoms with Crippen molar-refractivity contribution in [3.8, 4) is 0 Å². The zero-order valence-electron chi connectivity index (χ0n) is 14.8. The third kappa shape index (κ3) is 8.49. The van der Waals surface area contributed by atoms with Crippen LogP contribution in [0.1, 0.15) is 82.8 Å². The van der Waals surface area contributed by atoms with Gasteiger partial charge in [-0.05, 0) is 18.9 Å². The Kier molecular flexibility index (Phi) is 11.2. The summed E-state index contributed by atoms with van der Waals surface area (Å²) in [6, 6.07) is 3.68. The van der Waals surface area contributed by atoms with Gasteiger partial charge in [0.15, 0.2) is 0 Å². The normalized spacial score (nSPS) is 11.9. The number of pyridine rings is 1. The molecule has 0 saturated carbocycles. The van der Waals surface area contributed by atoms with E-state index < -0.39 is 5.97 Å². The van der Waals surface area contributed by atoms with Crippen LogP contribution in [0.5, 0.6) is 0 Å². The van der Waals surface area contributed by atoms with Gasteiger partial charge in [0, 0.05) is 17.8 Å². The first-order valence-electron chi connectivity index (χ1n) is 9.12. The molecule has 24 heavy (non-hydrogen) atoms. The average molecular weight is 352 g/mol. The molecule has 0 aliphatic heterocycles. The van der Waals surface area contributed by atoms with Crippen molar-refractivity contribution in [1.29, 1.82) is 0 Å². The molecule has 0 bridgehead atoms. The molecule has 0 radical (unpaired) electrons. The highest BCUT2D eigenvalue weighted by atomic mass is 35.5. The molecule has 1 atom stereocenters. The smallest absolute Gasteiger partial charge is 0.330 e. The van der Waals surface area contributed by atoms with Gasteiger partial charge in [0.25, 0.3) is 0 Å². The lowest BCUT2D eigenvalue weighted by Gasteiger charge is -2.18. The van der Waals surface area contributed by atoms with Crippen LogP contribution in [0.2, 0.25) is 5.15 Å². The summed E-state index contributed by atoms with van der Waals surface area (Å²) in [5.41, 5.74) is 0.772. The molecular formula is C20H30ClNO2. The van der Waals surface area contributed by atoms with E-state index in [9.17, 15) is 4.79 Å². The van der Waals surface area contributed by atoms with Crippen LogP contribution in [-0.2, 0) is 9.53 Å². The van der Waals surface area contributed by atoms with E-state index in [0.29, 0.717) is 5.15 Å². The third-order valence-electron chi connectivity index (χ3n) is 4.13. The maximum Gasteiger partial charge on any atom is 0.330 e. The number of carbonyl (C=O) groups is 1. The van der Waals surface area contributed by atoms with E-state index in [-0.39, 0.29) is 6.10 Å². The Morgan fingerprint density at radius 3 is 2.42 bits per heavy atom. The van der Waals surface area contributed by atoms with E-state index in [0.717, 1.165) is 24.8 Å². The van der Waals surface area contributed by atoms with Crippen molar-refractivity contribution >= 4 is 17.6 Å². The van der Waals surface area contributed by atoms with Crippen molar-refractivity contribution in [1.82, 2.24) is 4.98 Å². The third-order valence-corrected chi connectivity index (χ3v) is 4.45. The Morgan fingerprint density at radius 1 is 1.21 bits per heavy atom. The van der Waals surface area contributed by atoms with Gasteiger partial charge in [0.1, 0.15) is 11.3 Å². The Labute approximate surface area is 151 Å². The van der Waals surface area contributed by atoms with Gasteiger partial charge in [0.05, 0.1) is 0 Å². The topological polar surface area (TPSA) is 39.2 Å². The van der Waals surface area contributed by atoms with Gasteiger partial charge in [-0.1, -0.05) is 82.5 Å². The first-order chi connectivity index (χ1) is 11.7. The summed E-state index contributed by atoms with van der Waals surface area (Å²) in [7, 11) is 0. The second-order valence-electron chi connectivity index (χ2n) is 6.13. The SMILES string of the molecule is C=CC(=O)OC(CCCCCCCCCCC)c1cccnc1Cl. The minimum atomic E-state index is -0.421. The van der Waals surface area contributed by atoms with Crippen LogP contribution >= 0.6 is 11.6 Å². The number of nitrogens with zero attached hydrogens (tertiary/aromatic N) is 1. The maximum absolute atomic E-state index is 11.6. The van der Waals surface area contributed by atoms with E-state index in [2.05, 4.69) is 18.5 Å². The number of esters is 1. The molecule has 0 N–H and O–H groups in total. The van der Waals surface area contributed by atoms with Crippen LogP contribution in [0, 0.1) is 0 Å². The van der Waals surface area contributed by atoms with Crippen LogP contribution in [0.3, 0.4) is 0 Å². The van der Waals surface area contributed by atoms with Gasteiger partial charge < -0.3 is 4.74 Å². The van der Waals surface area contributed by atoms with Crippen LogP contribution in [-0.4, -0.2) is 11.0 Å². The second kappa shape index (κ2) is 13.0. The van der Waals surface area contributed by atoms with Crippen molar-refractivity contribution in [2.24, 2.45) is 0 Å². The minimum absolute atomic E-state index is 0.346. The Morgan fingerprint density at radius 2 is 1.83 bits per heavy atom. The zero-order valence-corrected chi connectivity index (χ0v) is 15.6. The summed E-state index contributed by atoms with van der Waals surface area (Å²) >= 11 is 6.14. The van der Waals surface area contributed by atoms with Gasteiger partial charge in [0.2, 0.25) is 0 Å². The first-order valence-corrected chi connectivity index (χ1v) is 9.50. The maximum atomic E-state index is 11.6. The highest BCUT2D eigenvalue weighted by Gasteiger charge is 2.18. The zero-order chi connectivity index (χ0) is 17.6. The fourth-order valence-electron chi connectivity index (χ4n) is 2.75. The quantitative estimate of drug-likeness (QED) is 0.178. The van der Waals surface area contributed by atoms with E-state index >= 15 is 0 Å². The molecular weight excluding hydrogens is 322 g/mol. The van der Waals surface area contributed by atoms with Crippen molar-refractivity contribution < 1.29 is 9.53 Å². The Balaban J connectivity index is 2.34. The van der Waals surface area contributed by atoms with Crippen LogP contribution in [0.25, 0.3) is 0 Å². The summed E-state index contributed by atoms with van der Waals surface area (Å²) in [4.78, 5) is 15.6. The molecule has 1 heterocycles. The highest BCUT2D eigenvalue weighted by molar-refractivity contribution is 6.30. The molecule has 0 amide bonds. The predicted molar refractivity (Wildman–Crippen MR) is 100 cm³/mol. The van der Waals surface area contributed by atoms with E-state index in [4.69, 9.17) is 16.3 Å². The lowest BCUT2D eigenvalue weighted by molar-refractivity contribution is -0.143. The number of hydrogen-bond donors (Lipinski definition) is 0. The number of hydrogen-bond acceptors (Lipinski definition) is 3. The van der Waals surface area contributed by atoms with Crippen molar-refractivity contribution in [3.05, 3.63) is 41.7 Å². The summed E-state index contributed by atoms with van der Waals surface area (Å²) in [6.45, 7) is 5.70. The molecule has 0 aliphatic rings. The standard InChI is InChI=1S/C20H30ClNO2/c1-3-5-6-7-8-9-10-11-12-15-18(24-19(23)4-2)17-14-13-16-22-20(17)21/h4,13-14,16,18H,2-3,5-12,15H2,1H3. The van der Waals surface area contributed by atoms with Gasteiger partial charge in [-0.3, -0.25) is 0 Å². The highest BCUT2D eigenvalue weighted by Crippen LogP contribution is 2.29. The van der Waals surface area contributed by atoms with Gasteiger partial charge in [-0.25, -0.2) is 9.78 Å². The Bertz CT molecular complexity index is 490. The van der Waals surface area contributed by atoms with Gasteiger partial charge in [-0.2, -0.15) is 0 Å². The van der Waals surface area contributed by atoms with Crippen LogP contribution in [0.15, 0.2) is 31.0 Å². The predicted octanol–water partition coefficient (Wildman–Crippen LogP) is 6.43. The molecule has 0 aromatic carbocycles. The molecule has 1 unspecified atom stereocenters. The van der Waals surface area contributed by atoms with Crippen molar-refractivity contribution in [3.63, 3.8) is 0 Å².